The Morgan fingerprint density at radius 3 is 2.56 bits per heavy atom. The Bertz CT molecular complexity index is 467. The number of hydrogen-bond acceptors (Lipinski definition) is 3. The van der Waals surface area contributed by atoms with Crippen LogP contribution in [-0.4, -0.2) is 21.6 Å². The second-order valence-electron chi connectivity index (χ2n) is 4.21. The van der Waals surface area contributed by atoms with Crippen LogP contribution in [0.15, 0.2) is 24.5 Å². The number of imide groups is 1. The van der Waals surface area contributed by atoms with Gasteiger partial charge in [-0.15, -0.1) is 0 Å². The molecule has 1 aromatic rings. The molecule has 2 amide bonds. The van der Waals surface area contributed by atoms with Crippen LogP contribution in [0.1, 0.15) is 12.8 Å². The zero-order valence-corrected chi connectivity index (χ0v) is 8.67. The van der Waals surface area contributed by atoms with E-state index in [0.29, 0.717) is 5.69 Å². The molecular formula is C11H11N3O2. The van der Waals surface area contributed by atoms with E-state index in [1.165, 1.54) is 25.0 Å². The summed E-state index contributed by atoms with van der Waals surface area (Å²) in [6, 6.07) is 0. The minimum atomic E-state index is -0.295. The number of carbonyl (C=O) groups is 2. The van der Waals surface area contributed by atoms with Crippen molar-refractivity contribution in [1.82, 2.24) is 9.78 Å². The molecule has 1 fully saturated rings. The Balaban J connectivity index is 1.80. The molecule has 0 saturated heterocycles. The lowest BCUT2D eigenvalue weighted by atomic mass is 10.4. The highest BCUT2D eigenvalue weighted by atomic mass is 16.2. The lowest BCUT2D eigenvalue weighted by Gasteiger charge is -2.09. The van der Waals surface area contributed by atoms with Gasteiger partial charge in [-0.05, 0) is 18.8 Å². The summed E-state index contributed by atoms with van der Waals surface area (Å²) in [6.45, 7) is 0.879. The molecule has 0 radical (unpaired) electrons. The maximum atomic E-state index is 11.4. The predicted molar refractivity (Wildman–Crippen MR) is 56.6 cm³/mol. The average Bonchev–Trinajstić information content (AvgIpc) is 2.84. The predicted octanol–water partition coefficient (Wildman–Crippen LogP) is 0.722. The lowest BCUT2D eigenvalue weighted by molar-refractivity contribution is -0.119. The fourth-order valence-corrected chi connectivity index (χ4v) is 1.79. The van der Waals surface area contributed by atoms with Crippen LogP contribution in [-0.2, 0) is 16.1 Å². The van der Waals surface area contributed by atoms with E-state index in [1.807, 2.05) is 0 Å². The molecule has 0 N–H and O–H groups in total. The third-order valence-electron chi connectivity index (χ3n) is 2.83. The Kier molecular flexibility index (Phi) is 1.92. The summed E-state index contributed by atoms with van der Waals surface area (Å²) in [4.78, 5) is 24.0. The summed E-state index contributed by atoms with van der Waals surface area (Å²) in [5, 5.41) is 4.15. The van der Waals surface area contributed by atoms with Crippen LogP contribution >= 0.6 is 0 Å². The molecule has 0 bridgehead atoms. The van der Waals surface area contributed by atoms with Gasteiger partial charge in [-0.25, -0.2) is 4.90 Å². The summed E-state index contributed by atoms with van der Waals surface area (Å²) in [6.07, 6.45) is 8.37. The van der Waals surface area contributed by atoms with E-state index in [0.717, 1.165) is 17.4 Å². The minimum Gasteiger partial charge on any atom is -0.270 e. The molecule has 16 heavy (non-hydrogen) atoms. The second-order valence-corrected chi connectivity index (χ2v) is 4.21. The molecule has 0 aromatic carbocycles. The summed E-state index contributed by atoms with van der Waals surface area (Å²) in [5.41, 5.74) is 0.556. The first-order valence-corrected chi connectivity index (χ1v) is 5.32. The highest BCUT2D eigenvalue weighted by Crippen LogP contribution is 2.30. The molecular weight excluding hydrogens is 206 g/mol. The number of anilines is 1. The first kappa shape index (κ1) is 9.33. The topological polar surface area (TPSA) is 55.2 Å². The SMILES string of the molecule is O=C1C=CC(=O)N1c1cnn(CC2CC2)c1. The van der Waals surface area contributed by atoms with Gasteiger partial charge >= 0.3 is 0 Å². The summed E-state index contributed by atoms with van der Waals surface area (Å²) < 4.78 is 1.80. The van der Waals surface area contributed by atoms with E-state index in [-0.39, 0.29) is 11.8 Å². The van der Waals surface area contributed by atoms with E-state index in [4.69, 9.17) is 0 Å². The van der Waals surface area contributed by atoms with Gasteiger partial charge in [0.15, 0.2) is 0 Å². The van der Waals surface area contributed by atoms with Crippen molar-refractivity contribution in [2.75, 3.05) is 4.90 Å². The molecule has 0 spiro atoms. The fourth-order valence-electron chi connectivity index (χ4n) is 1.79. The summed E-state index contributed by atoms with van der Waals surface area (Å²) in [5.74, 6) is 0.128. The van der Waals surface area contributed by atoms with Crippen molar-refractivity contribution < 1.29 is 9.59 Å². The van der Waals surface area contributed by atoms with Crippen molar-refractivity contribution in [3.8, 4) is 0 Å². The highest BCUT2D eigenvalue weighted by molar-refractivity contribution is 6.28. The molecule has 2 heterocycles. The number of carbonyl (C=O) groups excluding carboxylic acids is 2. The van der Waals surface area contributed by atoms with Crippen molar-refractivity contribution >= 4 is 17.5 Å². The number of aromatic nitrogens is 2. The quantitative estimate of drug-likeness (QED) is 0.701. The van der Waals surface area contributed by atoms with Gasteiger partial charge in [0, 0.05) is 24.9 Å². The van der Waals surface area contributed by atoms with Crippen LogP contribution in [0.2, 0.25) is 0 Å². The Hall–Kier alpha value is -1.91. The maximum absolute atomic E-state index is 11.4. The van der Waals surface area contributed by atoms with Crippen LogP contribution in [0.5, 0.6) is 0 Å². The first-order chi connectivity index (χ1) is 7.74. The van der Waals surface area contributed by atoms with Crippen molar-refractivity contribution in [3.63, 3.8) is 0 Å². The van der Waals surface area contributed by atoms with E-state index in [2.05, 4.69) is 5.10 Å². The molecule has 5 nitrogen and oxygen atoms in total. The van der Waals surface area contributed by atoms with Gasteiger partial charge in [-0.2, -0.15) is 5.10 Å². The normalized spacial score (nSPS) is 19.9. The van der Waals surface area contributed by atoms with Crippen LogP contribution < -0.4 is 4.90 Å². The summed E-state index contributed by atoms with van der Waals surface area (Å²) >= 11 is 0. The third kappa shape index (κ3) is 1.54. The van der Waals surface area contributed by atoms with Crippen LogP contribution in [0.25, 0.3) is 0 Å². The number of amides is 2. The molecule has 0 unspecified atom stereocenters. The van der Waals surface area contributed by atoms with Crippen molar-refractivity contribution in [2.45, 2.75) is 19.4 Å². The molecule has 1 aliphatic carbocycles. The monoisotopic (exact) mass is 217 g/mol. The minimum absolute atomic E-state index is 0.295. The lowest BCUT2D eigenvalue weighted by Crippen LogP contribution is -2.29. The molecule has 3 rings (SSSR count). The highest BCUT2D eigenvalue weighted by Gasteiger charge is 2.27. The number of rotatable bonds is 3. The number of nitrogens with zero attached hydrogens (tertiary/aromatic N) is 3. The van der Waals surface area contributed by atoms with Gasteiger partial charge < -0.3 is 0 Å². The van der Waals surface area contributed by atoms with Crippen molar-refractivity contribution in [3.05, 3.63) is 24.5 Å². The third-order valence-corrected chi connectivity index (χ3v) is 2.83. The smallest absolute Gasteiger partial charge is 0.258 e. The van der Waals surface area contributed by atoms with Crippen LogP contribution in [0.4, 0.5) is 5.69 Å². The Morgan fingerprint density at radius 2 is 1.94 bits per heavy atom. The first-order valence-electron chi connectivity index (χ1n) is 5.32. The van der Waals surface area contributed by atoms with Gasteiger partial charge in [-0.3, -0.25) is 14.3 Å². The molecule has 1 aromatic heterocycles. The van der Waals surface area contributed by atoms with Crippen LogP contribution in [0, 0.1) is 5.92 Å². The summed E-state index contributed by atoms with van der Waals surface area (Å²) in [7, 11) is 0. The van der Waals surface area contributed by atoms with E-state index >= 15 is 0 Å². The molecule has 5 heteroatoms. The molecule has 1 saturated carbocycles. The molecule has 0 atom stereocenters. The van der Waals surface area contributed by atoms with E-state index < -0.39 is 0 Å². The Morgan fingerprint density at radius 1 is 1.25 bits per heavy atom. The van der Waals surface area contributed by atoms with E-state index in [1.54, 1.807) is 17.1 Å². The molecule has 82 valence electrons. The van der Waals surface area contributed by atoms with Gasteiger partial charge in [-0.1, -0.05) is 0 Å². The second kappa shape index (κ2) is 3.30. The fraction of sp³-hybridized carbons (Fsp3) is 0.364. The molecule has 2 aliphatic rings. The maximum Gasteiger partial charge on any atom is 0.258 e. The molecule has 1 aliphatic heterocycles. The zero-order valence-electron chi connectivity index (χ0n) is 8.67. The van der Waals surface area contributed by atoms with Crippen molar-refractivity contribution in [1.29, 1.82) is 0 Å². The van der Waals surface area contributed by atoms with Gasteiger partial charge in [0.05, 0.1) is 11.9 Å². The average molecular weight is 217 g/mol. The van der Waals surface area contributed by atoms with Crippen LogP contribution in [0.3, 0.4) is 0 Å². The van der Waals surface area contributed by atoms with Gasteiger partial charge in [0.1, 0.15) is 0 Å². The van der Waals surface area contributed by atoms with Gasteiger partial charge in [0.25, 0.3) is 11.8 Å². The van der Waals surface area contributed by atoms with E-state index in [9.17, 15) is 9.59 Å². The largest absolute Gasteiger partial charge is 0.270 e. The Labute approximate surface area is 92.3 Å². The standard InChI is InChI=1S/C11H11N3O2/c15-10-3-4-11(16)14(10)9-5-12-13(7-9)6-8-1-2-8/h3-5,7-8H,1-2,6H2. The van der Waals surface area contributed by atoms with Crippen molar-refractivity contribution in [2.24, 2.45) is 5.92 Å². The zero-order chi connectivity index (χ0) is 11.1. The van der Waals surface area contributed by atoms with Gasteiger partial charge in [0.2, 0.25) is 0 Å². The number of hydrogen-bond donors (Lipinski definition) is 0.